The number of anilines is 2. The van der Waals surface area contributed by atoms with E-state index in [0.29, 0.717) is 0 Å². The molecule has 26 heavy (non-hydrogen) atoms. The molecule has 0 bridgehead atoms. The summed E-state index contributed by atoms with van der Waals surface area (Å²) >= 11 is 0. The molecule has 0 aromatic carbocycles. The zero-order valence-corrected chi connectivity index (χ0v) is 15.9. The number of nitrogens with zero attached hydrogens (tertiary/aromatic N) is 3. The molecule has 140 valence electrons. The van der Waals surface area contributed by atoms with E-state index in [1.807, 2.05) is 0 Å². The van der Waals surface area contributed by atoms with Crippen LogP contribution in [0.4, 0.5) is 11.6 Å². The fourth-order valence-electron chi connectivity index (χ4n) is 4.63. The Morgan fingerprint density at radius 3 is 2.46 bits per heavy atom. The lowest BCUT2D eigenvalue weighted by molar-refractivity contribution is -0.914. The van der Waals surface area contributed by atoms with Gasteiger partial charge in [-0.15, -0.1) is 0 Å². The van der Waals surface area contributed by atoms with E-state index < -0.39 is 0 Å². The lowest BCUT2D eigenvalue weighted by Gasteiger charge is -2.32. The third kappa shape index (κ3) is 3.26. The molecule has 1 unspecified atom stereocenters. The maximum Gasteiger partial charge on any atom is 0.240 e. The molecule has 6 heteroatoms. The summed E-state index contributed by atoms with van der Waals surface area (Å²) in [6, 6.07) is 2.54. The van der Waals surface area contributed by atoms with Gasteiger partial charge >= 0.3 is 0 Å². The normalized spacial score (nSPS) is 23.5. The van der Waals surface area contributed by atoms with Gasteiger partial charge in [-0.2, -0.15) is 5.26 Å². The van der Waals surface area contributed by atoms with E-state index >= 15 is 0 Å². The number of aromatic amines is 1. The summed E-state index contributed by atoms with van der Waals surface area (Å²) in [6.07, 6.45) is 4.87. The van der Waals surface area contributed by atoms with Crippen LogP contribution >= 0.6 is 0 Å². The molecule has 4 rings (SSSR count). The molecular formula is C20H31N5O+2. The topological polar surface area (TPSA) is 58.1 Å². The molecule has 2 N–H and O–H groups in total. The Balaban J connectivity index is 1.81. The van der Waals surface area contributed by atoms with E-state index in [0.717, 1.165) is 76.8 Å². The van der Waals surface area contributed by atoms with E-state index in [1.165, 1.54) is 36.2 Å². The molecule has 4 heterocycles. The predicted molar refractivity (Wildman–Crippen MR) is 101 cm³/mol. The molecule has 1 aromatic rings. The number of nitrogens with one attached hydrogen (secondary N) is 2. The first kappa shape index (κ1) is 17.6. The third-order valence-corrected chi connectivity index (χ3v) is 6.19. The Morgan fingerprint density at radius 2 is 1.77 bits per heavy atom. The molecule has 6 nitrogen and oxygen atoms in total. The molecular weight excluding hydrogens is 326 g/mol. The van der Waals surface area contributed by atoms with Gasteiger partial charge in [0.25, 0.3) is 0 Å². The van der Waals surface area contributed by atoms with Gasteiger partial charge in [0.15, 0.2) is 0 Å². The first-order chi connectivity index (χ1) is 12.8. The highest BCUT2D eigenvalue weighted by molar-refractivity contribution is 5.62. The number of aromatic nitrogens is 1. The molecule has 3 aliphatic heterocycles. The largest absolute Gasteiger partial charge is 0.375 e. The van der Waals surface area contributed by atoms with Crippen molar-refractivity contribution in [3.63, 3.8) is 0 Å². The summed E-state index contributed by atoms with van der Waals surface area (Å²) in [5.74, 6) is 2.31. The Bertz CT molecular complexity index is 686. The molecule has 1 atom stereocenters. The number of nitriles is 1. The summed E-state index contributed by atoms with van der Waals surface area (Å²) < 4.78 is 5.53. The van der Waals surface area contributed by atoms with Gasteiger partial charge in [-0.05, 0) is 31.7 Å². The van der Waals surface area contributed by atoms with Crippen LogP contribution in [-0.2, 0) is 17.7 Å². The number of piperidine rings is 1. The maximum atomic E-state index is 9.98. The zero-order chi connectivity index (χ0) is 17.9. The van der Waals surface area contributed by atoms with Crippen LogP contribution in [0.2, 0.25) is 0 Å². The van der Waals surface area contributed by atoms with Crippen LogP contribution in [0.5, 0.6) is 0 Å². The van der Waals surface area contributed by atoms with Gasteiger partial charge in [-0.3, -0.25) is 9.80 Å². The van der Waals surface area contributed by atoms with Crippen LogP contribution in [0.1, 0.15) is 42.9 Å². The Hall–Kier alpha value is -1.84. The second-order valence-electron chi connectivity index (χ2n) is 7.69. The van der Waals surface area contributed by atoms with Crippen LogP contribution in [0, 0.1) is 11.3 Å². The van der Waals surface area contributed by atoms with Crippen molar-refractivity contribution in [2.45, 2.75) is 39.2 Å². The van der Waals surface area contributed by atoms with E-state index in [-0.39, 0.29) is 0 Å². The van der Waals surface area contributed by atoms with Crippen molar-refractivity contribution < 1.29 is 14.6 Å². The minimum atomic E-state index is 0.739. The molecule has 2 fully saturated rings. The summed E-state index contributed by atoms with van der Waals surface area (Å²) in [4.78, 5) is 10.2. The fourth-order valence-corrected chi connectivity index (χ4v) is 4.63. The van der Waals surface area contributed by atoms with Gasteiger partial charge in [-0.25, -0.2) is 4.98 Å². The number of fused-ring (bicyclic) bond motifs is 1. The predicted octanol–water partition coefficient (Wildman–Crippen LogP) is 0.160. The van der Waals surface area contributed by atoms with E-state index in [1.54, 1.807) is 4.90 Å². The average molecular weight is 358 g/mol. The Labute approximate surface area is 156 Å². The summed E-state index contributed by atoms with van der Waals surface area (Å²) in [5.41, 5.74) is 3.56. The zero-order valence-electron chi connectivity index (χ0n) is 15.9. The monoisotopic (exact) mass is 357 g/mol. The van der Waals surface area contributed by atoms with Gasteiger partial charge in [0, 0.05) is 6.42 Å². The number of pyridine rings is 1. The number of H-pyrrole nitrogens is 1. The minimum absolute atomic E-state index is 0.739. The highest BCUT2D eigenvalue weighted by Gasteiger charge is 2.34. The van der Waals surface area contributed by atoms with E-state index in [2.05, 4.69) is 27.8 Å². The average Bonchev–Trinajstić information content (AvgIpc) is 2.73. The third-order valence-electron chi connectivity index (χ3n) is 6.19. The van der Waals surface area contributed by atoms with E-state index in [4.69, 9.17) is 4.74 Å². The quantitative estimate of drug-likeness (QED) is 0.837. The van der Waals surface area contributed by atoms with Crippen molar-refractivity contribution in [3.05, 3.63) is 16.7 Å². The number of morpholine rings is 1. The standard InChI is InChI=1S/C20H29N5O/c1-2-23-9-6-16-17(14-21)19(25-10-12-26-13-11-25)22-20(18(16)15-23)24-7-4-3-5-8-24/h2-13,15H2,1H3/p+2. The van der Waals surface area contributed by atoms with Crippen molar-refractivity contribution in [1.82, 2.24) is 0 Å². The van der Waals surface area contributed by atoms with Crippen LogP contribution < -0.4 is 19.7 Å². The van der Waals surface area contributed by atoms with Gasteiger partial charge in [0.2, 0.25) is 11.6 Å². The van der Waals surface area contributed by atoms with Gasteiger partial charge in [0.1, 0.15) is 18.2 Å². The molecule has 2 saturated heterocycles. The first-order valence-corrected chi connectivity index (χ1v) is 10.2. The number of hydrogen-bond donors (Lipinski definition) is 1. The summed E-state index contributed by atoms with van der Waals surface area (Å²) in [7, 11) is 0. The van der Waals surface area contributed by atoms with Crippen LogP contribution in [0.25, 0.3) is 0 Å². The van der Waals surface area contributed by atoms with Gasteiger partial charge in [-0.1, -0.05) is 0 Å². The van der Waals surface area contributed by atoms with Crippen LogP contribution in [0.15, 0.2) is 0 Å². The minimum Gasteiger partial charge on any atom is -0.375 e. The number of likely N-dealkylation sites (N-methyl/N-ethyl adjacent to an activating group) is 1. The molecule has 0 aliphatic carbocycles. The second kappa shape index (κ2) is 7.81. The SMILES string of the molecule is CC[NH+]1CCc2c(C#N)c(N3CCOCC3)[nH+]c(N3CCCCC3)c2C1. The number of ether oxygens (including phenoxy) is 1. The molecule has 3 aliphatic rings. The van der Waals surface area contributed by atoms with Crippen molar-refractivity contribution >= 4 is 11.6 Å². The smallest absolute Gasteiger partial charge is 0.240 e. The highest BCUT2D eigenvalue weighted by atomic mass is 16.5. The number of quaternary nitrogens is 1. The number of rotatable bonds is 3. The molecule has 0 spiro atoms. The Kier molecular flexibility index (Phi) is 5.28. The highest BCUT2D eigenvalue weighted by Crippen LogP contribution is 2.30. The summed E-state index contributed by atoms with van der Waals surface area (Å²) in [5, 5.41) is 9.98. The van der Waals surface area contributed by atoms with Crippen LogP contribution in [-0.4, -0.2) is 52.5 Å². The lowest BCUT2D eigenvalue weighted by Crippen LogP contribution is -3.11. The maximum absolute atomic E-state index is 9.98. The molecule has 0 saturated carbocycles. The molecule has 0 radical (unpaired) electrons. The van der Waals surface area contributed by atoms with Crippen molar-refractivity contribution in [3.8, 4) is 6.07 Å². The fraction of sp³-hybridized carbons (Fsp3) is 0.700. The number of hydrogen-bond acceptors (Lipinski definition) is 4. The van der Waals surface area contributed by atoms with E-state index in [9.17, 15) is 5.26 Å². The lowest BCUT2D eigenvalue weighted by atomic mass is 9.94. The van der Waals surface area contributed by atoms with Crippen molar-refractivity contribution in [2.24, 2.45) is 0 Å². The van der Waals surface area contributed by atoms with Crippen molar-refractivity contribution in [2.75, 3.05) is 62.3 Å². The summed E-state index contributed by atoms with van der Waals surface area (Å²) in [6.45, 7) is 11.0. The molecule has 0 amide bonds. The Morgan fingerprint density at radius 1 is 1.04 bits per heavy atom. The van der Waals surface area contributed by atoms with Crippen molar-refractivity contribution in [1.29, 1.82) is 5.26 Å². The van der Waals surface area contributed by atoms with Gasteiger partial charge < -0.3 is 9.64 Å². The van der Waals surface area contributed by atoms with Crippen LogP contribution in [0.3, 0.4) is 0 Å². The van der Waals surface area contributed by atoms with Gasteiger partial charge in [0.05, 0.1) is 58.0 Å². The molecule has 1 aromatic heterocycles. The first-order valence-electron chi connectivity index (χ1n) is 10.2. The second-order valence-corrected chi connectivity index (χ2v) is 7.69.